The van der Waals surface area contributed by atoms with E-state index in [1.807, 2.05) is 0 Å². The molecule has 0 unspecified atom stereocenters. The molecule has 1 rings (SSSR count). The summed E-state index contributed by atoms with van der Waals surface area (Å²) in [6.07, 6.45) is -3.34. The molecule has 2 N–H and O–H groups in total. The van der Waals surface area contributed by atoms with Gasteiger partial charge in [-0.05, 0) is 12.8 Å². The van der Waals surface area contributed by atoms with Crippen molar-refractivity contribution in [1.82, 2.24) is 5.32 Å². The molecule has 0 radical (unpaired) electrons. The average molecular weight is 211 g/mol. The summed E-state index contributed by atoms with van der Waals surface area (Å²) >= 11 is 0. The van der Waals surface area contributed by atoms with Gasteiger partial charge in [-0.15, -0.1) is 0 Å². The highest BCUT2D eigenvalue weighted by Crippen LogP contribution is 2.21. The van der Waals surface area contributed by atoms with Crippen LogP contribution in [0, 0.1) is 0 Å². The van der Waals surface area contributed by atoms with Gasteiger partial charge in [-0.1, -0.05) is 12.8 Å². The maximum absolute atomic E-state index is 11.8. The third-order valence-corrected chi connectivity index (χ3v) is 2.30. The molecule has 0 spiro atoms. The third kappa shape index (κ3) is 2.87. The Balaban J connectivity index is 2.46. The highest BCUT2D eigenvalue weighted by atomic mass is 19.4. The van der Waals surface area contributed by atoms with Crippen LogP contribution in [0.2, 0.25) is 0 Å². The number of rotatable bonds is 1. The summed E-state index contributed by atoms with van der Waals surface area (Å²) in [4.78, 5) is 10.5. The Hall–Kier alpha value is -0.780. The number of nitrogens with one attached hydrogen (secondary N) is 1. The number of carbonyl (C=O) groups is 1. The summed E-state index contributed by atoms with van der Waals surface area (Å²) in [6, 6.07) is -0.752. The maximum atomic E-state index is 11.8. The van der Waals surface area contributed by atoms with Crippen molar-refractivity contribution in [2.75, 3.05) is 0 Å². The summed E-state index contributed by atoms with van der Waals surface area (Å²) in [5.74, 6) is -1.97. The van der Waals surface area contributed by atoms with E-state index in [9.17, 15) is 23.1 Å². The minimum atomic E-state index is -4.86. The molecular weight excluding hydrogens is 199 g/mol. The second kappa shape index (κ2) is 4.16. The Bertz CT molecular complexity index is 217. The van der Waals surface area contributed by atoms with Gasteiger partial charge >= 0.3 is 12.1 Å². The number of hydrogen-bond donors (Lipinski definition) is 2. The fourth-order valence-corrected chi connectivity index (χ4v) is 1.53. The normalized spacial score (nSPS) is 28.6. The van der Waals surface area contributed by atoms with E-state index in [-0.39, 0.29) is 0 Å². The summed E-state index contributed by atoms with van der Waals surface area (Å²) < 4.78 is 35.5. The van der Waals surface area contributed by atoms with Crippen molar-refractivity contribution in [2.24, 2.45) is 0 Å². The Kier molecular flexibility index (Phi) is 3.36. The van der Waals surface area contributed by atoms with Crippen LogP contribution in [0.15, 0.2) is 0 Å². The van der Waals surface area contributed by atoms with Gasteiger partial charge in [0.15, 0.2) is 0 Å². The topological polar surface area (TPSA) is 49.3 Å². The number of halogens is 3. The molecule has 82 valence electrons. The van der Waals surface area contributed by atoms with E-state index < -0.39 is 24.2 Å². The van der Waals surface area contributed by atoms with Gasteiger partial charge < -0.3 is 10.4 Å². The highest BCUT2D eigenvalue weighted by Gasteiger charge is 2.40. The van der Waals surface area contributed by atoms with Crippen LogP contribution in [0.3, 0.4) is 0 Å². The molecular formula is C8H12F3NO2. The number of carbonyl (C=O) groups excluding carboxylic acids is 1. The van der Waals surface area contributed by atoms with Crippen LogP contribution in [-0.4, -0.2) is 29.3 Å². The number of amides is 1. The third-order valence-electron chi connectivity index (χ3n) is 2.30. The Morgan fingerprint density at radius 3 is 2.36 bits per heavy atom. The van der Waals surface area contributed by atoms with E-state index in [1.165, 1.54) is 0 Å². The number of aliphatic hydroxyl groups is 1. The van der Waals surface area contributed by atoms with Crippen LogP contribution < -0.4 is 5.32 Å². The fourth-order valence-electron chi connectivity index (χ4n) is 1.53. The van der Waals surface area contributed by atoms with Crippen molar-refractivity contribution in [2.45, 2.75) is 44.0 Å². The second-order valence-corrected chi connectivity index (χ2v) is 3.43. The fraction of sp³-hybridized carbons (Fsp3) is 0.875. The van der Waals surface area contributed by atoms with Crippen LogP contribution >= 0.6 is 0 Å². The van der Waals surface area contributed by atoms with Crippen molar-refractivity contribution in [3.8, 4) is 0 Å². The van der Waals surface area contributed by atoms with Crippen molar-refractivity contribution < 1.29 is 23.1 Å². The first kappa shape index (κ1) is 11.3. The first-order valence-corrected chi connectivity index (χ1v) is 4.47. The molecule has 1 amide bonds. The van der Waals surface area contributed by atoms with Gasteiger partial charge in [-0.25, -0.2) is 0 Å². The molecule has 2 atom stereocenters. The first-order chi connectivity index (χ1) is 6.41. The summed E-state index contributed by atoms with van der Waals surface area (Å²) in [6.45, 7) is 0. The zero-order chi connectivity index (χ0) is 10.8. The van der Waals surface area contributed by atoms with E-state index in [4.69, 9.17) is 0 Å². The molecule has 0 aliphatic heterocycles. The number of hydrogen-bond acceptors (Lipinski definition) is 2. The van der Waals surface area contributed by atoms with Crippen LogP contribution in [0.1, 0.15) is 25.7 Å². The smallest absolute Gasteiger partial charge is 0.391 e. The Labute approximate surface area is 79.3 Å². The molecule has 0 aromatic rings. The molecule has 1 aliphatic rings. The first-order valence-electron chi connectivity index (χ1n) is 4.47. The second-order valence-electron chi connectivity index (χ2n) is 3.43. The number of alkyl halides is 3. The molecule has 0 saturated heterocycles. The molecule has 0 heterocycles. The lowest BCUT2D eigenvalue weighted by Gasteiger charge is -2.28. The van der Waals surface area contributed by atoms with E-state index in [0.717, 1.165) is 12.8 Å². The van der Waals surface area contributed by atoms with E-state index in [1.54, 1.807) is 5.32 Å². The largest absolute Gasteiger partial charge is 0.471 e. The average Bonchev–Trinajstić information content (AvgIpc) is 2.07. The lowest BCUT2D eigenvalue weighted by Crippen LogP contribution is -2.49. The maximum Gasteiger partial charge on any atom is 0.471 e. The van der Waals surface area contributed by atoms with Crippen LogP contribution in [0.4, 0.5) is 13.2 Å². The van der Waals surface area contributed by atoms with Gasteiger partial charge in [0.05, 0.1) is 12.1 Å². The van der Waals surface area contributed by atoms with Crippen LogP contribution in [-0.2, 0) is 4.79 Å². The van der Waals surface area contributed by atoms with Crippen LogP contribution in [0.5, 0.6) is 0 Å². The monoisotopic (exact) mass is 211 g/mol. The van der Waals surface area contributed by atoms with Crippen molar-refractivity contribution in [3.63, 3.8) is 0 Å². The molecule has 1 saturated carbocycles. The molecule has 6 heteroatoms. The van der Waals surface area contributed by atoms with Crippen molar-refractivity contribution >= 4 is 5.91 Å². The number of aliphatic hydroxyl groups excluding tert-OH is 1. The minimum Gasteiger partial charge on any atom is -0.391 e. The zero-order valence-corrected chi connectivity index (χ0v) is 7.47. The zero-order valence-electron chi connectivity index (χ0n) is 7.47. The quantitative estimate of drug-likeness (QED) is 0.679. The molecule has 0 aromatic heterocycles. The van der Waals surface area contributed by atoms with E-state index in [0.29, 0.717) is 12.8 Å². The SMILES string of the molecule is O=C(N[C@H]1CCCC[C@@H]1O)C(F)(F)F. The van der Waals surface area contributed by atoms with Crippen molar-refractivity contribution in [1.29, 1.82) is 0 Å². The lowest BCUT2D eigenvalue weighted by molar-refractivity contribution is -0.175. The van der Waals surface area contributed by atoms with Gasteiger partial charge in [0.2, 0.25) is 0 Å². The predicted octanol–water partition coefficient (Wildman–Crippen LogP) is 0.968. The summed E-state index contributed by atoms with van der Waals surface area (Å²) in [7, 11) is 0. The van der Waals surface area contributed by atoms with Gasteiger partial charge in [-0.3, -0.25) is 4.79 Å². The summed E-state index contributed by atoms with van der Waals surface area (Å²) in [5.41, 5.74) is 0. The van der Waals surface area contributed by atoms with Gasteiger partial charge in [0, 0.05) is 0 Å². The molecule has 14 heavy (non-hydrogen) atoms. The Morgan fingerprint density at radius 2 is 1.86 bits per heavy atom. The van der Waals surface area contributed by atoms with E-state index >= 15 is 0 Å². The van der Waals surface area contributed by atoms with E-state index in [2.05, 4.69) is 0 Å². The van der Waals surface area contributed by atoms with Gasteiger partial charge in [-0.2, -0.15) is 13.2 Å². The Morgan fingerprint density at radius 1 is 1.29 bits per heavy atom. The lowest BCUT2D eigenvalue weighted by atomic mass is 9.92. The highest BCUT2D eigenvalue weighted by molar-refractivity contribution is 5.82. The molecule has 0 bridgehead atoms. The molecule has 1 aliphatic carbocycles. The van der Waals surface area contributed by atoms with Gasteiger partial charge in [0.1, 0.15) is 0 Å². The molecule has 1 fully saturated rings. The van der Waals surface area contributed by atoms with Crippen LogP contribution in [0.25, 0.3) is 0 Å². The standard InChI is InChI=1S/C8H12F3NO2/c9-8(10,11)7(14)12-5-3-1-2-4-6(5)13/h5-6,13H,1-4H2,(H,12,14)/t5-,6-/m0/s1. The molecule has 0 aromatic carbocycles. The van der Waals surface area contributed by atoms with Crippen molar-refractivity contribution in [3.05, 3.63) is 0 Å². The predicted molar refractivity (Wildman–Crippen MR) is 42.5 cm³/mol. The van der Waals surface area contributed by atoms with Gasteiger partial charge in [0.25, 0.3) is 0 Å². The summed E-state index contributed by atoms with van der Waals surface area (Å²) in [5, 5.41) is 11.1. The molecule has 3 nitrogen and oxygen atoms in total. The minimum absolute atomic E-state index is 0.406.